The Balaban J connectivity index is 1.53. The number of nitrogens with one attached hydrogen (secondary N) is 1. The molecule has 1 saturated heterocycles. The number of carbonyl (C=O) groups is 2. The van der Waals surface area contributed by atoms with Crippen LogP contribution >= 0.6 is 0 Å². The van der Waals surface area contributed by atoms with E-state index in [2.05, 4.69) is 10.4 Å². The van der Waals surface area contributed by atoms with Gasteiger partial charge in [0.2, 0.25) is 11.3 Å². The maximum atomic E-state index is 15.2. The van der Waals surface area contributed by atoms with E-state index >= 15 is 4.39 Å². The number of aromatic nitrogens is 3. The molecule has 0 saturated carbocycles. The minimum absolute atomic E-state index is 0.00214. The summed E-state index contributed by atoms with van der Waals surface area (Å²) in [5, 5.41) is 7.40. The van der Waals surface area contributed by atoms with Crippen LogP contribution in [-0.2, 0) is 17.9 Å². The van der Waals surface area contributed by atoms with E-state index in [9.17, 15) is 14.4 Å². The number of nitrogens with zero attached hydrogens (tertiary/aromatic N) is 5. The molecule has 1 aliphatic heterocycles. The predicted octanol–water partition coefficient (Wildman–Crippen LogP) is 2.46. The zero-order valence-corrected chi connectivity index (χ0v) is 21.3. The summed E-state index contributed by atoms with van der Waals surface area (Å²) in [6.07, 6.45) is 2.22. The standard InChI is InChI=1S/C26H33FN6O3/c1-5-30-16-21(26(36)28-7-6-8-33-18(3)13-17(2)29-33)25(35)20-14-22(27)24(15-23(20)30)32-11-9-31(10-12-32)19(4)34/h13-16H,5-12H2,1-4H3,(H,28,36). The minimum Gasteiger partial charge on any atom is -0.366 e. The average molecular weight is 497 g/mol. The Labute approximate surface area is 209 Å². The first kappa shape index (κ1) is 25.4. The lowest BCUT2D eigenvalue weighted by Gasteiger charge is -2.36. The van der Waals surface area contributed by atoms with Crippen molar-refractivity contribution in [3.8, 4) is 0 Å². The number of aryl methyl sites for hydroxylation is 4. The number of anilines is 1. The smallest absolute Gasteiger partial charge is 0.256 e. The lowest BCUT2D eigenvalue weighted by molar-refractivity contribution is -0.129. The molecule has 3 heterocycles. The van der Waals surface area contributed by atoms with Crippen LogP contribution in [-0.4, -0.2) is 63.8 Å². The Kier molecular flexibility index (Phi) is 7.42. The molecule has 1 fully saturated rings. The van der Waals surface area contributed by atoms with E-state index in [4.69, 9.17) is 0 Å². The Bertz CT molecular complexity index is 1350. The summed E-state index contributed by atoms with van der Waals surface area (Å²) in [7, 11) is 0. The van der Waals surface area contributed by atoms with E-state index in [0.717, 1.165) is 11.4 Å². The Morgan fingerprint density at radius 3 is 2.44 bits per heavy atom. The van der Waals surface area contributed by atoms with Crippen LogP contribution in [0.5, 0.6) is 0 Å². The van der Waals surface area contributed by atoms with Crippen LogP contribution in [0.3, 0.4) is 0 Å². The van der Waals surface area contributed by atoms with Gasteiger partial charge in [0.1, 0.15) is 11.4 Å². The molecule has 0 unspecified atom stereocenters. The van der Waals surface area contributed by atoms with Gasteiger partial charge in [-0.1, -0.05) is 0 Å². The normalized spacial score (nSPS) is 13.9. The SMILES string of the molecule is CCn1cc(C(=O)NCCCn2nc(C)cc2C)c(=O)c2cc(F)c(N3CCN(C(C)=O)CC3)cc21. The molecule has 2 amide bonds. The third-order valence-electron chi connectivity index (χ3n) is 6.74. The van der Waals surface area contributed by atoms with E-state index < -0.39 is 17.2 Å². The van der Waals surface area contributed by atoms with E-state index in [1.165, 1.54) is 13.0 Å². The third kappa shape index (κ3) is 5.12. The number of piperazine rings is 1. The largest absolute Gasteiger partial charge is 0.366 e. The molecular formula is C26H33FN6O3. The number of rotatable bonds is 7. The molecule has 0 atom stereocenters. The number of fused-ring (bicyclic) bond motifs is 1. The zero-order valence-electron chi connectivity index (χ0n) is 21.3. The number of hydrogen-bond donors (Lipinski definition) is 1. The van der Waals surface area contributed by atoms with Crippen molar-refractivity contribution in [2.45, 2.75) is 47.2 Å². The molecule has 1 N–H and O–H groups in total. The van der Waals surface area contributed by atoms with E-state index in [0.29, 0.717) is 63.4 Å². The molecule has 0 spiro atoms. The monoisotopic (exact) mass is 496 g/mol. The van der Waals surface area contributed by atoms with Crippen molar-refractivity contribution >= 4 is 28.4 Å². The highest BCUT2D eigenvalue weighted by atomic mass is 19.1. The van der Waals surface area contributed by atoms with Gasteiger partial charge in [-0.05, 0) is 45.4 Å². The fourth-order valence-corrected chi connectivity index (χ4v) is 4.75. The second kappa shape index (κ2) is 10.5. The molecule has 0 aliphatic carbocycles. The summed E-state index contributed by atoms with van der Waals surface area (Å²) in [5.41, 5.74) is 2.49. The molecule has 0 bridgehead atoms. The van der Waals surface area contributed by atoms with Crippen LogP contribution in [0.1, 0.15) is 42.0 Å². The number of hydrogen-bond acceptors (Lipinski definition) is 5. The van der Waals surface area contributed by atoms with Gasteiger partial charge >= 0.3 is 0 Å². The summed E-state index contributed by atoms with van der Waals surface area (Å²) in [6.45, 7) is 11.0. The Morgan fingerprint density at radius 1 is 1.11 bits per heavy atom. The Morgan fingerprint density at radius 2 is 1.83 bits per heavy atom. The molecule has 0 radical (unpaired) electrons. The van der Waals surface area contributed by atoms with Gasteiger partial charge in [-0.15, -0.1) is 0 Å². The van der Waals surface area contributed by atoms with Crippen molar-refractivity contribution < 1.29 is 14.0 Å². The van der Waals surface area contributed by atoms with Crippen LogP contribution in [0.15, 0.2) is 29.2 Å². The van der Waals surface area contributed by atoms with Crippen molar-refractivity contribution in [1.82, 2.24) is 24.6 Å². The fraction of sp³-hybridized carbons (Fsp3) is 0.462. The molecule has 1 aliphatic rings. The molecule has 36 heavy (non-hydrogen) atoms. The van der Waals surface area contributed by atoms with Gasteiger partial charge in [0.15, 0.2) is 0 Å². The predicted molar refractivity (Wildman–Crippen MR) is 137 cm³/mol. The highest BCUT2D eigenvalue weighted by Gasteiger charge is 2.23. The number of halogens is 1. The second-order valence-corrected chi connectivity index (χ2v) is 9.23. The quantitative estimate of drug-likeness (QED) is 0.508. The molecule has 192 valence electrons. The maximum absolute atomic E-state index is 15.2. The van der Waals surface area contributed by atoms with Gasteiger partial charge in [0.05, 0.1) is 16.9 Å². The van der Waals surface area contributed by atoms with Gasteiger partial charge in [0, 0.05) is 70.0 Å². The van der Waals surface area contributed by atoms with E-state index in [-0.39, 0.29) is 16.9 Å². The summed E-state index contributed by atoms with van der Waals surface area (Å²) in [6, 6.07) is 4.91. The van der Waals surface area contributed by atoms with Crippen molar-refractivity contribution in [3.05, 3.63) is 57.4 Å². The van der Waals surface area contributed by atoms with Crippen LogP contribution < -0.4 is 15.6 Å². The molecule has 4 rings (SSSR count). The number of benzene rings is 1. The van der Waals surface area contributed by atoms with Gasteiger partial charge in [-0.2, -0.15) is 5.10 Å². The number of carbonyl (C=O) groups excluding carboxylic acids is 2. The van der Waals surface area contributed by atoms with Gasteiger partial charge in [0.25, 0.3) is 5.91 Å². The van der Waals surface area contributed by atoms with Crippen LogP contribution in [0, 0.1) is 19.7 Å². The van der Waals surface area contributed by atoms with Crippen LogP contribution in [0.25, 0.3) is 10.9 Å². The molecule has 3 aromatic rings. The molecule has 9 nitrogen and oxygen atoms in total. The average Bonchev–Trinajstić information content (AvgIpc) is 3.18. The minimum atomic E-state index is -0.513. The van der Waals surface area contributed by atoms with Crippen LogP contribution in [0.2, 0.25) is 0 Å². The molecule has 2 aromatic heterocycles. The highest BCUT2D eigenvalue weighted by Crippen LogP contribution is 2.26. The summed E-state index contributed by atoms with van der Waals surface area (Å²) in [5.74, 6) is -0.978. The number of pyridine rings is 1. The van der Waals surface area contributed by atoms with E-state index in [1.54, 1.807) is 21.7 Å². The van der Waals surface area contributed by atoms with Gasteiger partial charge in [-0.25, -0.2) is 4.39 Å². The van der Waals surface area contributed by atoms with E-state index in [1.807, 2.05) is 36.4 Å². The summed E-state index contributed by atoms with van der Waals surface area (Å²) < 4.78 is 18.9. The van der Waals surface area contributed by atoms with Crippen molar-refractivity contribution in [2.24, 2.45) is 0 Å². The Hall–Kier alpha value is -3.69. The third-order valence-corrected chi connectivity index (χ3v) is 6.74. The molecular weight excluding hydrogens is 463 g/mol. The number of amides is 2. The zero-order chi connectivity index (χ0) is 26.0. The van der Waals surface area contributed by atoms with Crippen molar-refractivity contribution in [1.29, 1.82) is 0 Å². The van der Waals surface area contributed by atoms with Gasteiger partial charge in [-0.3, -0.25) is 19.1 Å². The highest BCUT2D eigenvalue weighted by molar-refractivity contribution is 5.97. The van der Waals surface area contributed by atoms with Crippen molar-refractivity contribution in [3.63, 3.8) is 0 Å². The van der Waals surface area contributed by atoms with Crippen LogP contribution in [0.4, 0.5) is 10.1 Å². The molecule has 1 aromatic carbocycles. The fourth-order valence-electron chi connectivity index (χ4n) is 4.75. The molecule has 10 heteroatoms. The first-order valence-corrected chi connectivity index (χ1v) is 12.4. The second-order valence-electron chi connectivity index (χ2n) is 9.23. The summed E-state index contributed by atoms with van der Waals surface area (Å²) >= 11 is 0. The first-order chi connectivity index (χ1) is 17.2. The first-order valence-electron chi connectivity index (χ1n) is 12.4. The van der Waals surface area contributed by atoms with Crippen molar-refractivity contribution in [2.75, 3.05) is 37.6 Å². The topological polar surface area (TPSA) is 92.5 Å². The van der Waals surface area contributed by atoms with Gasteiger partial charge < -0.3 is 19.7 Å². The lowest BCUT2D eigenvalue weighted by Crippen LogP contribution is -2.48. The summed E-state index contributed by atoms with van der Waals surface area (Å²) in [4.78, 5) is 41.3. The maximum Gasteiger partial charge on any atom is 0.256 e. The lowest BCUT2D eigenvalue weighted by atomic mass is 10.1.